The van der Waals surface area contributed by atoms with Crippen molar-refractivity contribution in [1.82, 2.24) is 20.5 Å². The number of hydrogen-bond donors (Lipinski definition) is 2. The Hall–Kier alpha value is -4.56. The summed E-state index contributed by atoms with van der Waals surface area (Å²) in [7, 11) is 0. The number of halogens is 1. The van der Waals surface area contributed by atoms with Gasteiger partial charge >= 0.3 is 0 Å². The van der Waals surface area contributed by atoms with Crippen molar-refractivity contribution in [2.45, 2.75) is 20.8 Å². The number of rotatable bonds is 7. The summed E-state index contributed by atoms with van der Waals surface area (Å²) >= 11 is 0. The van der Waals surface area contributed by atoms with Gasteiger partial charge in [-0.25, -0.2) is 4.39 Å². The number of anilines is 1. The molecule has 5 rings (SSSR count). The number of aromatic amines is 1. The van der Waals surface area contributed by atoms with E-state index in [1.807, 2.05) is 51.4 Å². The number of aromatic nitrogens is 3. The van der Waals surface area contributed by atoms with E-state index in [-0.39, 0.29) is 17.4 Å². The van der Waals surface area contributed by atoms with Crippen molar-refractivity contribution in [3.63, 3.8) is 0 Å². The number of fused-ring (bicyclic) bond motifs is 1. The molecule has 0 unspecified atom stereocenters. The predicted octanol–water partition coefficient (Wildman–Crippen LogP) is 6.53. The van der Waals surface area contributed by atoms with Crippen molar-refractivity contribution in [1.29, 1.82) is 0 Å². The number of hydrogen-bond acceptors (Lipinski definition) is 5. The van der Waals surface area contributed by atoms with E-state index in [1.165, 1.54) is 12.1 Å². The summed E-state index contributed by atoms with van der Waals surface area (Å²) in [6.07, 6.45) is 8.92. The number of morpholine rings is 1. The van der Waals surface area contributed by atoms with Crippen LogP contribution >= 0.6 is 0 Å². The largest absolute Gasteiger partial charge is 0.378 e. The zero-order chi connectivity index (χ0) is 28.5. The van der Waals surface area contributed by atoms with Gasteiger partial charge in [0.25, 0.3) is 5.91 Å². The second kappa shape index (κ2) is 13.5. The molecule has 7 nitrogen and oxygen atoms in total. The van der Waals surface area contributed by atoms with Gasteiger partial charge in [-0.2, -0.15) is 5.10 Å². The molecule has 2 aromatic heterocycles. The Balaban J connectivity index is 0.00000181. The fraction of sp³-hybridized carbons (Fsp3) is 0.219. The average molecular weight is 540 g/mol. The molecule has 1 amide bonds. The number of H-pyrrole nitrogens is 1. The fourth-order valence-corrected chi connectivity index (χ4v) is 4.32. The maximum Gasteiger partial charge on any atom is 0.276 e. The summed E-state index contributed by atoms with van der Waals surface area (Å²) in [6.45, 7) is 12.9. The summed E-state index contributed by atoms with van der Waals surface area (Å²) in [6, 6.07) is 14.2. The molecule has 206 valence electrons. The lowest BCUT2D eigenvalue weighted by Crippen LogP contribution is -2.36. The molecule has 0 bridgehead atoms. The molecule has 2 aromatic carbocycles. The van der Waals surface area contributed by atoms with Gasteiger partial charge in [0.2, 0.25) is 0 Å². The van der Waals surface area contributed by atoms with Gasteiger partial charge in [0.05, 0.1) is 30.6 Å². The Kier molecular flexibility index (Phi) is 9.59. The zero-order valence-electron chi connectivity index (χ0n) is 23.1. The fourth-order valence-electron chi connectivity index (χ4n) is 4.32. The molecule has 2 N–H and O–H groups in total. The third-order valence-electron chi connectivity index (χ3n) is 6.44. The normalized spacial score (nSPS) is 13.7. The number of benzene rings is 2. The van der Waals surface area contributed by atoms with Gasteiger partial charge in [-0.15, -0.1) is 0 Å². The molecule has 4 aromatic rings. The van der Waals surface area contributed by atoms with Crippen molar-refractivity contribution in [2.24, 2.45) is 0 Å². The van der Waals surface area contributed by atoms with Crippen LogP contribution in [0.1, 0.15) is 36.8 Å². The highest BCUT2D eigenvalue weighted by Crippen LogP contribution is 2.28. The molecule has 3 heterocycles. The van der Waals surface area contributed by atoms with Crippen LogP contribution in [0.25, 0.3) is 27.6 Å². The minimum absolute atomic E-state index is 0.288. The van der Waals surface area contributed by atoms with Crippen molar-refractivity contribution in [3.05, 3.63) is 109 Å². The Morgan fingerprint density at radius 3 is 2.62 bits per heavy atom. The predicted molar refractivity (Wildman–Crippen MR) is 160 cm³/mol. The highest BCUT2D eigenvalue weighted by atomic mass is 19.1. The van der Waals surface area contributed by atoms with Crippen LogP contribution in [0, 0.1) is 5.82 Å². The van der Waals surface area contributed by atoms with Gasteiger partial charge in [0, 0.05) is 35.9 Å². The van der Waals surface area contributed by atoms with Crippen LogP contribution in [0.2, 0.25) is 0 Å². The summed E-state index contributed by atoms with van der Waals surface area (Å²) in [5.74, 6) is -0.673. The van der Waals surface area contributed by atoms with Crippen LogP contribution in [0.15, 0.2) is 91.4 Å². The van der Waals surface area contributed by atoms with E-state index in [2.05, 4.69) is 38.0 Å². The van der Waals surface area contributed by atoms with Crippen molar-refractivity contribution in [2.75, 3.05) is 31.2 Å². The van der Waals surface area contributed by atoms with Crippen LogP contribution in [0.3, 0.4) is 0 Å². The van der Waals surface area contributed by atoms with Crippen molar-refractivity contribution >= 4 is 28.1 Å². The molecular weight excluding hydrogens is 505 g/mol. The number of allylic oxidation sites excluding steroid dienone is 4. The summed E-state index contributed by atoms with van der Waals surface area (Å²) < 4.78 is 19.0. The lowest BCUT2D eigenvalue weighted by molar-refractivity contribution is 0.0963. The first-order chi connectivity index (χ1) is 19.5. The topological polar surface area (TPSA) is 83.1 Å². The quantitative estimate of drug-likeness (QED) is 0.261. The standard InChI is InChI=1S/C30H28FN5O2.C2H6/c1-3-25(9-7-20(2)21-5-4-6-24(31)15-21)33-30(37)29-27-17-22(8-10-28(27)34-35-29)23-16-26(19-32-18-23)36-11-13-38-14-12-36;1-2/h3-10,15-19H,2,11-14H2,1H3,(H,33,37)(H,34,35);1-2H3/b9-7-,25-3+;. The molecule has 1 fully saturated rings. The van der Waals surface area contributed by atoms with Crippen LogP contribution in [0.5, 0.6) is 0 Å². The van der Waals surface area contributed by atoms with Crippen molar-refractivity contribution < 1.29 is 13.9 Å². The molecule has 0 aliphatic carbocycles. The second-order valence-corrected chi connectivity index (χ2v) is 8.93. The SMILES string of the molecule is C=C(/C=C\C(=C/C)NC(=O)c1n[nH]c2ccc(-c3cncc(N4CCOCC4)c3)cc12)c1cccc(F)c1.CC. The maximum absolute atomic E-state index is 13.5. The first kappa shape index (κ1) is 28.4. The Bertz CT molecular complexity index is 1550. The number of nitrogens with one attached hydrogen (secondary N) is 2. The first-order valence-electron chi connectivity index (χ1n) is 13.4. The lowest BCUT2D eigenvalue weighted by atomic mass is 10.0. The molecular formula is C32H34FN5O2. The highest BCUT2D eigenvalue weighted by molar-refractivity contribution is 6.06. The number of carbonyl (C=O) groups is 1. The maximum atomic E-state index is 13.5. The first-order valence-corrected chi connectivity index (χ1v) is 13.4. The number of pyridine rings is 1. The van der Waals surface area contributed by atoms with Gasteiger partial charge in [0.1, 0.15) is 5.82 Å². The number of ether oxygens (including phenoxy) is 1. The molecule has 1 aliphatic rings. The number of nitrogens with zero attached hydrogens (tertiary/aromatic N) is 3. The van der Waals surface area contributed by atoms with E-state index in [9.17, 15) is 9.18 Å². The van der Waals surface area contributed by atoms with E-state index in [0.29, 0.717) is 35.4 Å². The average Bonchev–Trinajstić information content (AvgIpc) is 3.44. The molecule has 0 saturated carbocycles. The Morgan fingerprint density at radius 1 is 1.07 bits per heavy atom. The van der Waals surface area contributed by atoms with Crippen molar-refractivity contribution in [3.8, 4) is 11.1 Å². The summed E-state index contributed by atoms with van der Waals surface area (Å²) in [5, 5.41) is 10.8. The second-order valence-electron chi connectivity index (χ2n) is 8.93. The zero-order valence-corrected chi connectivity index (χ0v) is 23.1. The molecule has 0 spiro atoms. The molecule has 40 heavy (non-hydrogen) atoms. The Morgan fingerprint density at radius 2 is 1.88 bits per heavy atom. The van der Waals surface area contributed by atoms with E-state index in [1.54, 1.807) is 30.4 Å². The van der Waals surface area contributed by atoms with E-state index in [4.69, 9.17) is 4.74 Å². The third kappa shape index (κ3) is 6.71. The monoisotopic (exact) mass is 539 g/mol. The smallest absolute Gasteiger partial charge is 0.276 e. The van der Waals surface area contributed by atoms with E-state index >= 15 is 0 Å². The van der Waals surface area contributed by atoms with Gasteiger partial charge in [0.15, 0.2) is 5.69 Å². The number of carbonyl (C=O) groups excluding carboxylic acids is 1. The molecule has 0 atom stereocenters. The molecule has 1 saturated heterocycles. The lowest BCUT2D eigenvalue weighted by Gasteiger charge is -2.28. The number of amides is 1. The summed E-state index contributed by atoms with van der Waals surface area (Å²) in [5.41, 5.74) is 5.85. The van der Waals surface area contributed by atoms with Crippen LogP contribution in [0.4, 0.5) is 10.1 Å². The highest BCUT2D eigenvalue weighted by Gasteiger charge is 2.17. The molecule has 0 radical (unpaired) electrons. The van der Waals surface area contributed by atoms with Gasteiger partial charge in [-0.3, -0.25) is 14.9 Å². The summed E-state index contributed by atoms with van der Waals surface area (Å²) in [4.78, 5) is 19.9. The van der Waals surface area contributed by atoms with Crippen LogP contribution in [-0.2, 0) is 4.74 Å². The van der Waals surface area contributed by atoms with Gasteiger partial charge < -0.3 is 15.0 Å². The van der Waals surface area contributed by atoms with Gasteiger partial charge in [-0.1, -0.05) is 50.8 Å². The molecule has 8 heteroatoms. The van der Waals surface area contributed by atoms with E-state index < -0.39 is 0 Å². The van der Waals surface area contributed by atoms with Crippen LogP contribution in [-0.4, -0.2) is 47.4 Å². The Labute approximate surface area is 234 Å². The van der Waals surface area contributed by atoms with E-state index in [0.717, 1.165) is 35.4 Å². The minimum atomic E-state index is -0.345. The van der Waals surface area contributed by atoms with Crippen LogP contribution < -0.4 is 10.2 Å². The van der Waals surface area contributed by atoms with Gasteiger partial charge in [-0.05, 0) is 60.0 Å². The third-order valence-corrected chi connectivity index (χ3v) is 6.44. The molecule has 1 aliphatic heterocycles. The minimum Gasteiger partial charge on any atom is -0.378 e.